The second kappa shape index (κ2) is 7.51. The molecule has 0 aromatic heterocycles. The van der Waals surface area contributed by atoms with Crippen LogP contribution in [0.25, 0.3) is 0 Å². The SMILES string of the molecule is O=C(N[C@H]1CC[C@@]2(O)[C@H]3Cc4ccc(O)c5c4C2(CC[N+]3([O-])CC2CC2)[C@H]1O5)c1ccc(Cl)c(Cl)c1. The third-order valence-electron chi connectivity index (χ3n) is 9.55. The van der Waals surface area contributed by atoms with Gasteiger partial charge in [0.15, 0.2) is 11.5 Å². The Kier molecular flexibility index (Phi) is 4.82. The standard InChI is InChI=1S/C27H28Cl2N2O5/c28-17-5-3-16(11-18(17)29)25(33)30-19-7-8-27(34)21-12-15-4-6-20(32)23-22(15)26(27,24(19)36-23)9-10-31(21,35)13-14-1-2-14/h3-6,11,14,19,21,24,32,34H,1-2,7-10,12-13H2,(H,30,33)/t19-,21+,24-,26?,27+,31?/m0/s1. The van der Waals surface area contributed by atoms with Crippen LogP contribution in [0.3, 0.4) is 0 Å². The maximum Gasteiger partial charge on any atom is 0.251 e. The van der Waals surface area contributed by atoms with E-state index in [0.29, 0.717) is 66.0 Å². The normalized spacial score (nSPS) is 37.7. The largest absolute Gasteiger partial charge is 0.632 e. The molecule has 36 heavy (non-hydrogen) atoms. The Morgan fingerprint density at radius 1 is 1.17 bits per heavy atom. The van der Waals surface area contributed by atoms with E-state index in [1.807, 2.05) is 6.07 Å². The van der Waals surface area contributed by atoms with Gasteiger partial charge in [-0.1, -0.05) is 29.3 Å². The quantitative estimate of drug-likeness (QED) is 0.408. The Hall–Kier alpha value is -2.03. The minimum absolute atomic E-state index is 0.0271. The van der Waals surface area contributed by atoms with Gasteiger partial charge in [0.1, 0.15) is 17.7 Å². The van der Waals surface area contributed by atoms with Gasteiger partial charge >= 0.3 is 0 Å². The predicted molar refractivity (Wildman–Crippen MR) is 134 cm³/mol. The van der Waals surface area contributed by atoms with Crippen LogP contribution in [0, 0.1) is 11.1 Å². The lowest BCUT2D eigenvalue weighted by molar-refractivity contribution is -0.924. The summed E-state index contributed by atoms with van der Waals surface area (Å²) in [6, 6.07) is 7.32. The van der Waals surface area contributed by atoms with Gasteiger partial charge in [0.2, 0.25) is 0 Å². The first-order valence-electron chi connectivity index (χ1n) is 12.7. The van der Waals surface area contributed by atoms with Crippen LogP contribution in [0.5, 0.6) is 11.5 Å². The van der Waals surface area contributed by atoms with E-state index in [9.17, 15) is 20.2 Å². The molecule has 7 nitrogen and oxygen atoms in total. The molecule has 3 N–H and O–H groups in total. The number of carbonyl (C=O) groups is 1. The summed E-state index contributed by atoms with van der Waals surface area (Å²) in [6.45, 7) is 0.942. The molecular weight excluding hydrogens is 503 g/mol. The second-order valence-corrected chi connectivity index (χ2v) is 12.2. The monoisotopic (exact) mass is 530 g/mol. The minimum Gasteiger partial charge on any atom is -0.632 e. The van der Waals surface area contributed by atoms with Crippen LogP contribution >= 0.6 is 23.2 Å². The van der Waals surface area contributed by atoms with Crippen molar-refractivity contribution >= 4 is 29.1 Å². The van der Waals surface area contributed by atoms with E-state index in [-0.39, 0.29) is 16.3 Å². The number of hydroxylamine groups is 3. The van der Waals surface area contributed by atoms with Gasteiger partial charge in [-0.25, -0.2) is 0 Å². The summed E-state index contributed by atoms with van der Waals surface area (Å²) in [6.07, 6.45) is 3.33. The molecule has 3 fully saturated rings. The number of aliphatic hydroxyl groups is 1. The van der Waals surface area contributed by atoms with Crippen LogP contribution < -0.4 is 10.1 Å². The first-order chi connectivity index (χ1) is 17.2. The smallest absolute Gasteiger partial charge is 0.251 e. The highest BCUT2D eigenvalue weighted by molar-refractivity contribution is 6.42. The highest BCUT2D eigenvalue weighted by atomic mass is 35.5. The number of quaternary nitrogens is 1. The summed E-state index contributed by atoms with van der Waals surface area (Å²) in [5, 5.41) is 41.3. The van der Waals surface area contributed by atoms with E-state index >= 15 is 0 Å². The number of hydrogen-bond acceptors (Lipinski definition) is 5. The Morgan fingerprint density at radius 3 is 2.72 bits per heavy atom. The van der Waals surface area contributed by atoms with Gasteiger partial charge in [-0.05, 0) is 55.5 Å². The molecule has 6 atom stereocenters. The topological polar surface area (TPSA) is 102 Å². The van der Waals surface area contributed by atoms with Gasteiger partial charge in [-0.15, -0.1) is 0 Å². The van der Waals surface area contributed by atoms with Crippen molar-refractivity contribution in [3.63, 3.8) is 0 Å². The number of amides is 1. The maximum absolute atomic E-state index is 14.3. The molecule has 2 aromatic rings. The number of phenols is 1. The predicted octanol–water partition coefficient (Wildman–Crippen LogP) is 4.07. The molecule has 0 radical (unpaired) electrons. The third kappa shape index (κ3) is 2.95. The van der Waals surface area contributed by atoms with Crippen LogP contribution in [-0.4, -0.2) is 57.6 Å². The molecule has 9 heteroatoms. The molecule has 2 aliphatic heterocycles. The van der Waals surface area contributed by atoms with Crippen LogP contribution in [0.2, 0.25) is 10.0 Å². The fraction of sp³-hybridized carbons (Fsp3) is 0.519. The first-order valence-corrected chi connectivity index (χ1v) is 13.5. The molecule has 2 unspecified atom stereocenters. The van der Waals surface area contributed by atoms with Crippen molar-refractivity contribution in [3.05, 3.63) is 62.3 Å². The summed E-state index contributed by atoms with van der Waals surface area (Å²) in [5.41, 5.74) is 0.0426. The first kappa shape index (κ1) is 23.1. The number of likely N-dealkylation sites (tertiary alicyclic amines) is 1. The summed E-state index contributed by atoms with van der Waals surface area (Å²) in [4.78, 5) is 13.2. The van der Waals surface area contributed by atoms with E-state index in [1.165, 1.54) is 6.07 Å². The zero-order valence-corrected chi connectivity index (χ0v) is 21.2. The van der Waals surface area contributed by atoms with Gasteiger partial charge in [0, 0.05) is 29.9 Å². The van der Waals surface area contributed by atoms with Gasteiger partial charge in [0.05, 0.1) is 34.6 Å². The number of aromatic hydroxyl groups is 1. The summed E-state index contributed by atoms with van der Waals surface area (Å²) in [5.74, 6) is 0.544. The van der Waals surface area contributed by atoms with E-state index in [0.717, 1.165) is 24.0 Å². The molecule has 7 rings (SSSR count). The number of hydrogen-bond donors (Lipinski definition) is 3. The fourth-order valence-electron chi connectivity index (χ4n) is 7.79. The number of nitrogens with one attached hydrogen (secondary N) is 1. The number of benzene rings is 2. The van der Waals surface area contributed by atoms with Crippen molar-refractivity contribution in [2.24, 2.45) is 5.92 Å². The summed E-state index contributed by atoms with van der Waals surface area (Å²) < 4.78 is 6.08. The molecule has 190 valence electrons. The second-order valence-electron chi connectivity index (χ2n) is 11.4. The minimum atomic E-state index is -1.27. The number of rotatable bonds is 4. The van der Waals surface area contributed by atoms with E-state index < -0.39 is 29.2 Å². The van der Waals surface area contributed by atoms with Gasteiger partial charge in [0.25, 0.3) is 5.91 Å². The molecule has 1 saturated heterocycles. The molecule has 1 amide bonds. The van der Waals surface area contributed by atoms with Crippen LogP contribution in [0.4, 0.5) is 0 Å². The van der Waals surface area contributed by atoms with Crippen molar-refractivity contribution in [3.8, 4) is 11.5 Å². The average molecular weight is 531 g/mol. The zero-order valence-electron chi connectivity index (χ0n) is 19.7. The lowest BCUT2D eigenvalue weighted by Gasteiger charge is -2.68. The third-order valence-corrected chi connectivity index (χ3v) is 10.3. The highest BCUT2D eigenvalue weighted by Gasteiger charge is 2.76. The van der Waals surface area contributed by atoms with Crippen LogP contribution in [-0.2, 0) is 11.8 Å². The number of piperidine rings is 1. The van der Waals surface area contributed by atoms with E-state index in [2.05, 4.69) is 5.32 Å². The Morgan fingerprint density at radius 2 is 1.97 bits per heavy atom. The van der Waals surface area contributed by atoms with Gasteiger partial charge in [-0.3, -0.25) is 4.79 Å². The van der Waals surface area contributed by atoms with Crippen molar-refractivity contribution in [1.29, 1.82) is 0 Å². The highest BCUT2D eigenvalue weighted by Crippen LogP contribution is 2.66. The maximum atomic E-state index is 14.3. The van der Waals surface area contributed by atoms with E-state index in [4.69, 9.17) is 27.9 Å². The van der Waals surface area contributed by atoms with E-state index in [1.54, 1.807) is 18.2 Å². The van der Waals surface area contributed by atoms with Crippen molar-refractivity contribution < 1.29 is 24.4 Å². The molecular formula is C27H28Cl2N2O5. The number of nitrogens with zero attached hydrogens (tertiary/aromatic N) is 1. The van der Waals surface area contributed by atoms with Crippen molar-refractivity contribution in [1.82, 2.24) is 5.32 Å². The van der Waals surface area contributed by atoms with Crippen LogP contribution in [0.15, 0.2) is 30.3 Å². The van der Waals surface area contributed by atoms with Crippen molar-refractivity contribution in [2.75, 3.05) is 13.1 Å². The number of phenolic OH excluding ortho intramolecular Hbond substituents is 1. The number of ether oxygens (including phenoxy) is 1. The molecule has 2 saturated carbocycles. The lowest BCUT2D eigenvalue weighted by atomic mass is 9.48. The molecule has 5 aliphatic rings. The Bertz CT molecular complexity index is 1300. The molecule has 3 aliphatic carbocycles. The summed E-state index contributed by atoms with van der Waals surface area (Å²) in [7, 11) is 0. The van der Waals surface area contributed by atoms with Gasteiger partial charge in [-0.2, -0.15) is 0 Å². The van der Waals surface area contributed by atoms with Crippen molar-refractivity contribution in [2.45, 2.75) is 67.7 Å². The molecule has 2 heterocycles. The van der Waals surface area contributed by atoms with Crippen LogP contribution in [0.1, 0.15) is 53.6 Å². The molecule has 1 spiro atoms. The fourth-order valence-corrected chi connectivity index (χ4v) is 8.09. The average Bonchev–Trinajstić information content (AvgIpc) is 3.57. The summed E-state index contributed by atoms with van der Waals surface area (Å²) >= 11 is 12.2. The number of halogens is 2. The molecule has 2 aromatic carbocycles. The number of carbonyl (C=O) groups excluding carboxylic acids is 1. The Balaban J connectivity index is 1.30. The van der Waals surface area contributed by atoms with Gasteiger partial charge < -0.3 is 30.1 Å². The zero-order chi connectivity index (χ0) is 25.0. The lowest BCUT2D eigenvalue weighted by Crippen LogP contribution is -2.81. The Labute approximate surface area is 219 Å². The molecule has 2 bridgehead atoms.